The van der Waals surface area contributed by atoms with Gasteiger partial charge in [-0.2, -0.15) is 18.2 Å². The summed E-state index contributed by atoms with van der Waals surface area (Å²) in [7, 11) is 0. The van der Waals surface area contributed by atoms with Crippen LogP contribution in [-0.4, -0.2) is 41.3 Å². The van der Waals surface area contributed by atoms with Gasteiger partial charge in [0.25, 0.3) is 5.91 Å². The number of aliphatic imine (C=N–C) groups is 1. The molecule has 2 heterocycles. The number of rotatable bonds is 4. The average molecular weight is 462 g/mol. The van der Waals surface area contributed by atoms with Gasteiger partial charge in [-0.25, -0.2) is 14.1 Å². The van der Waals surface area contributed by atoms with Gasteiger partial charge in [0.2, 0.25) is 17.4 Å². The number of hydrogen-bond acceptors (Lipinski definition) is 4. The third-order valence-electron chi connectivity index (χ3n) is 5.25. The lowest BCUT2D eigenvalue weighted by Gasteiger charge is -2.39. The van der Waals surface area contributed by atoms with Gasteiger partial charge >= 0.3 is 12.2 Å². The number of alkyl halides is 3. The zero-order valence-corrected chi connectivity index (χ0v) is 16.5. The van der Waals surface area contributed by atoms with Crippen molar-refractivity contribution < 1.29 is 36.7 Å². The van der Waals surface area contributed by atoms with Crippen LogP contribution >= 0.6 is 0 Å². The molecule has 0 radical (unpaired) electrons. The molecule has 12 heteroatoms. The first-order valence-electron chi connectivity index (χ1n) is 9.50. The summed E-state index contributed by atoms with van der Waals surface area (Å²) in [6.45, 7) is 0. The Labute approximate surface area is 183 Å². The first-order chi connectivity index (χ1) is 15.5. The first kappa shape index (κ1) is 22.1. The zero-order chi connectivity index (χ0) is 24.0. The van der Waals surface area contributed by atoms with Gasteiger partial charge in [-0.3, -0.25) is 19.7 Å². The van der Waals surface area contributed by atoms with E-state index in [0.717, 1.165) is 24.3 Å². The Balaban J connectivity index is 1.76. The highest BCUT2D eigenvalue weighted by Crippen LogP contribution is 2.44. The fourth-order valence-electron chi connectivity index (χ4n) is 3.77. The Morgan fingerprint density at radius 1 is 1.06 bits per heavy atom. The van der Waals surface area contributed by atoms with Gasteiger partial charge in [-0.1, -0.05) is 30.3 Å². The van der Waals surface area contributed by atoms with E-state index in [1.54, 1.807) is 28.8 Å². The lowest BCUT2D eigenvalue weighted by Crippen LogP contribution is -2.73. The third-order valence-corrected chi connectivity index (χ3v) is 5.25. The maximum absolute atomic E-state index is 14.3. The third kappa shape index (κ3) is 3.62. The van der Waals surface area contributed by atoms with Crippen molar-refractivity contribution in [3.8, 4) is 0 Å². The zero-order valence-electron chi connectivity index (χ0n) is 16.5. The number of carbonyl (C=O) groups is 4. The van der Waals surface area contributed by atoms with Crippen molar-refractivity contribution >= 4 is 35.3 Å². The Hall–Kier alpha value is -4.09. The van der Waals surface area contributed by atoms with Crippen LogP contribution in [0.25, 0.3) is 0 Å². The van der Waals surface area contributed by atoms with Gasteiger partial charge in [0, 0.05) is 0 Å². The van der Waals surface area contributed by atoms with Crippen LogP contribution in [0.4, 0.5) is 28.0 Å². The second-order valence-corrected chi connectivity index (χ2v) is 7.33. The van der Waals surface area contributed by atoms with E-state index >= 15 is 0 Å². The smallest absolute Gasteiger partial charge is 0.333 e. The number of nitrogens with one attached hydrogen (secondary N) is 2. The molecule has 1 saturated heterocycles. The molecule has 0 saturated carbocycles. The molecule has 1 fully saturated rings. The van der Waals surface area contributed by atoms with Crippen molar-refractivity contribution in [1.29, 1.82) is 0 Å². The molecule has 2 aliphatic rings. The van der Waals surface area contributed by atoms with Crippen molar-refractivity contribution in [2.24, 2.45) is 10.9 Å². The van der Waals surface area contributed by atoms with Crippen molar-refractivity contribution in [2.45, 2.75) is 18.1 Å². The number of fused-ring (bicyclic) bond motifs is 1. The summed E-state index contributed by atoms with van der Waals surface area (Å²) < 4.78 is 56.3. The summed E-state index contributed by atoms with van der Waals surface area (Å²) in [5, 5.41) is 3.42. The molecule has 2 aromatic rings. The number of halogens is 4. The average Bonchev–Trinajstić information content (AvgIpc) is 3.03. The molecule has 8 nitrogen and oxygen atoms in total. The van der Waals surface area contributed by atoms with E-state index in [0.29, 0.717) is 10.5 Å². The van der Waals surface area contributed by atoms with Crippen molar-refractivity contribution in [2.75, 3.05) is 4.90 Å². The van der Waals surface area contributed by atoms with Crippen LogP contribution in [0.5, 0.6) is 0 Å². The first-order valence-corrected chi connectivity index (χ1v) is 9.50. The van der Waals surface area contributed by atoms with Crippen molar-refractivity contribution in [1.82, 2.24) is 10.6 Å². The van der Waals surface area contributed by atoms with Crippen molar-refractivity contribution in [3.05, 3.63) is 66.0 Å². The van der Waals surface area contributed by atoms with E-state index < -0.39 is 59.5 Å². The molecule has 4 rings (SSSR count). The van der Waals surface area contributed by atoms with Crippen LogP contribution in [0.1, 0.15) is 5.56 Å². The highest BCUT2D eigenvalue weighted by molar-refractivity contribution is 6.35. The van der Waals surface area contributed by atoms with E-state index in [1.165, 1.54) is 12.1 Å². The predicted molar refractivity (Wildman–Crippen MR) is 105 cm³/mol. The largest absolute Gasteiger partial charge is 0.422 e. The summed E-state index contributed by atoms with van der Waals surface area (Å²) in [6.07, 6.45) is -5.95. The lowest BCUT2D eigenvalue weighted by atomic mass is 9.81. The number of amidine groups is 1. The second kappa shape index (κ2) is 7.80. The molecule has 2 atom stereocenters. The van der Waals surface area contributed by atoms with Gasteiger partial charge in [0.15, 0.2) is 0 Å². The minimum atomic E-state index is -5.45. The van der Waals surface area contributed by atoms with E-state index in [9.17, 15) is 36.7 Å². The van der Waals surface area contributed by atoms with Crippen LogP contribution < -0.4 is 15.5 Å². The van der Waals surface area contributed by atoms with Crippen LogP contribution in [0.15, 0.2) is 59.6 Å². The van der Waals surface area contributed by atoms with Crippen molar-refractivity contribution in [3.63, 3.8) is 0 Å². The number of nitrogens with zero attached hydrogens (tertiary/aromatic N) is 2. The summed E-state index contributed by atoms with van der Waals surface area (Å²) in [6, 6.07) is 10.6. The molecular formula is C21H14F4N4O4. The minimum Gasteiger partial charge on any atom is -0.333 e. The quantitative estimate of drug-likeness (QED) is 0.679. The monoisotopic (exact) mass is 462 g/mol. The van der Waals surface area contributed by atoms with Gasteiger partial charge in [0.05, 0.1) is 12.1 Å². The molecule has 5 amide bonds. The summed E-state index contributed by atoms with van der Waals surface area (Å²) in [5.41, 5.74) is -3.49. The Morgan fingerprint density at radius 3 is 2.30 bits per heavy atom. The highest BCUT2D eigenvalue weighted by atomic mass is 19.4. The summed E-state index contributed by atoms with van der Waals surface area (Å²) in [5.74, 6) is -8.38. The van der Waals surface area contributed by atoms with E-state index in [1.807, 2.05) is 0 Å². The van der Waals surface area contributed by atoms with E-state index in [-0.39, 0.29) is 5.69 Å². The molecule has 0 aliphatic carbocycles. The molecule has 0 spiro atoms. The standard InChI is InChI=1S/C21H14F4N4O4/c22-12-6-8-13(9-7-12)29-16-15(17(31)27-19(29)33)20(18(32)26-16,21(23,24)25)28-14(30)10-11-4-2-1-3-5-11/h1-9,15H,10H2,(H,28,30)(H,27,31,33). The van der Waals surface area contributed by atoms with Gasteiger partial charge in [-0.05, 0) is 29.8 Å². The van der Waals surface area contributed by atoms with Crippen LogP contribution in [0, 0.1) is 11.7 Å². The normalized spacial score (nSPS) is 22.5. The van der Waals surface area contributed by atoms with Crippen LogP contribution in [0.2, 0.25) is 0 Å². The number of carbonyl (C=O) groups excluding carboxylic acids is 4. The van der Waals surface area contributed by atoms with E-state index in [2.05, 4.69) is 4.99 Å². The maximum atomic E-state index is 14.3. The molecule has 2 aromatic carbocycles. The molecule has 0 aromatic heterocycles. The molecule has 33 heavy (non-hydrogen) atoms. The summed E-state index contributed by atoms with van der Waals surface area (Å²) >= 11 is 0. The maximum Gasteiger partial charge on any atom is 0.422 e. The Morgan fingerprint density at radius 2 is 1.70 bits per heavy atom. The predicted octanol–water partition coefficient (Wildman–Crippen LogP) is 2.10. The molecule has 2 N–H and O–H groups in total. The SMILES string of the molecule is O=C(Cc1ccccc1)NC1(C(F)(F)F)C(=O)N=C2C1C(=O)NC(=O)N2c1ccc(F)cc1. The number of hydrogen-bond donors (Lipinski definition) is 2. The number of benzene rings is 2. The highest BCUT2D eigenvalue weighted by Gasteiger charge is 2.73. The van der Waals surface area contributed by atoms with Crippen LogP contribution in [-0.2, 0) is 20.8 Å². The number of urea groups is 1. The van der Waals surface area contributed by atoms with Gasteiger partial charge < -0.3 is 5.32 Å². The van der Waals surface area contributed by atoms with Gasteiger partial charge in [0.1, 0.15) is 17.6 Å². The Kier molecular flexibility index (Phi) is 5.23. The molecule has 170 valence electrons. The number of anilines is 1. The van der Waals surface area contributed by atoms with Gasteiger partial charge in [-0.15, -0.1) is 0 Å². The summed E-state index contributed by atoms with van der Waals surface area (Å²) in [4.78, 5) is 54.1. The molecule has 2 aliphatic heterocycles. The number of imide groups is 1. The lowest BCUT2D eigenvalue weighted by molar-refractivity contribution is -0.205. The van der Waals surface area contributed by atoms with Crippen LogP contribution in [0.3, 0.4) is 0 Å². The van der Waals surface area contributed by atoms with E-state index in [4.69, 9.17) is 0 Å². The topological polar surface area (TPSA) is 108 Å². The minimum absolute atomic E-state index is 0.133. The molecular weight excluding hydrogens is 448 g/mol. The Bertz CT molecular complexity index is 1180. The fourth-order valence-corrected chi connectivity index (χ4v) is 3.77. The molecule has 0 bridgehead atoms. The second-order valence-electron chi connectivity index (χ2n) is 7.33. The number of amides is 5. The molecule has 2 unspecified atom stereocenters. The fraction of sp³-hybridized carbons (Fsp3) is 0.190.